The Bertz CT molecular complexity index is 1680. The fourth-order valence-electron chi connectivity index (χ4n) is 3.52. The number of hydrogen-bond donors (Lipinski definition) is 1. The molecule has 0 saturated carbocycles. The van der Waals surface area contributed by atoms with Crippen molar-refractivity contribution < 1.29 is 9.66 Å². The minimum Gasteiger partial charge on any atom is -0.437 e. The van der Waals surface area contributed by atoms with Gasteiger partial charge in [-0.3, -0.25) is 10.1 Å². The highest BCUT2D eigenvalue weighted by molar-refractivity contribution is 7.17. The Morgan fingerprint density at radius 1 is 0.917 bits per heavy atom. The third kappa shape index (κ3) is 4.53. The van der Waals surface area contributed by atoms with Gasteiger partial charge < -0.3 is 10.1 Å². The molecule has 2 aromatic heterocycles. The first-order valence-corrected chi connectivity index (χ1v) is 11.4. The van der Waals surface area contributed by atoms with Gasteiger partial charge in [-0.05, 0) is 65.5 Å². The van der Waals surface area contributed by atoms with E-state index in [2.05, 4.69) is 21.4 Å². The molecule has 0 saturated heterocycles. The lowest BCUT2D eigenvalue weighted by atomic mass is 10.0. The first kappa shape index (κ1) is 22.5. The fraction of sp³-hybridized carbons (Fsp3) is 0. The molecule has 1 N–H and O–H groups in total. The Morgan fingerprint density at radius 2 is 1.61 bits per heavy atom. The van der Waals surface area contributed by atoms with Gasteiger partial charge in [0.25, 0.3) is 5.69 Å². The van der Waals surface area contributed by atoms with Gasteiger partial charge >= 0.3 is 0 Å². The van der Waals surface area contributed by atoms with Crippen LogP contribution in [0.25, 0.3) is 21.3 Å². The Labute approximate surface area is 208 Å². The lowest BCUT2D eigenvalue weighted by Crippen LogP contribution is -2.00. The second-order valence-corrected chi connectivity index (χ2v) is 8.44. The summed E-state index contributed by atoms with van der Waals surface area (Å²) in [6.07, 6.45) is 0. The number of hydrogen-bond acceptors (Lipinski definition) is 9. The van der Waals surface area contributed by atoms with Crippen LogP contribution in [0.5, 0.6) is 11.6 Å². The topological polar surface area (TPSA) is 138 Å². The van der Waals surface area contributed by atoms with Crippen LogP contribution in [0.3, 0.4) is 0 Å². The van der Waals surface area contributed by atoms with Crippen LogP contribution < -0.4 is 10.1 Å². The van der Waals surface area contributed by atoms with Crippen molar-refractivity contribution in [2.24, 2.45) is 0 Å². The molecule has 36 heavy (non-hydrogen) atoms. The monoisotopic (exact) mass is 490 g/mol. The molecule has 0 unspecified atom stereocenters. The van der Waals surface area contributed by atoms with Crippen LogP contribution in [-0.4, -0.2) is 14.9 Å². The highest BCUT2D eigenvalue weighted by atomic mass is 32.1. The van der Waals surface area contributed by atoms with Gasteiger partial charge in [0.1, 0.15) is 10.4 Å². The number of anilines is 2. The van der Waals surface area contributed by atoms with E-state index in [4.69, 9.17) is 15.3 Å². The van der Waals surface area contributed by atoms with E-state index in [9.17, 15) is 10.1 Å². The summed E-state index contributed by atoms with van der Waals surface area (Å²) in [5.74, 6) is 0.785. The molecular weight excluding hydrogens is 476 g/mol. The van der Waals surface area contributed by atoms with E-state index < -0.39 is 4.92 Å². The van der Waals surface area contributed by atoms with Gasteiger partial charge in [-0.25, -0.2) is 4.98 Å². The average molecular weight is 491 g/mol. The van der Waals surface area contributed by atoms with Gasteiger partial charge in [0.05, 0.1) is 45.3 Å². The number of ether oxygens (including phenoxy) is 1. The number of nitro benzene ring substituents is 1. The highest BCUT2D eigenvalue weighted by Crippen LogP contribution is 2.37. The van der Waals surface area contributed by atoms with E-state index in [1.165, 1.54) is 17.4 Å². The minimum absolute atomic E-state index is 0.135. The van der Waals surface area contributed by atoms with Gasteiger partial charge in [-0.1, -0.05) is 12.1 Å². The molecule has 0 aliphatic carbocycles. The van der Waals surface area contributed by atoms with Crippen LogP contribution in [0, 0.1) is 32.8 Å². The van der Waals surface area contributed by atoms with Crippen LogP contribution in [0.4, 0.5) is 17.3 Å². The molecule has 5 rings (SSSR count). The zero-order valence-corrected chi connectivity index (χ0v) is 19.2. The Morgan fingerprint density at radius 3 is 2.28 bits per heavy atom. The van der Waals surface area contributed by atoms with E-state index >= 15 is 0 Å². The van der Waals surface area contributed by atoms with E-state index in [-0.39, 0.29) is 23.3 Å². The maximum absolute atomic E-state index is 11.8. The molecule has 2 heterocycles. The second kappa shape index (κ2) is 9.50. The first-order valence-electron chi connectivity index (χ1n) is 10.5. The van der Waals surface area contributed by atoms with Gasteiger partial charge in [-0.2, -0.15) is 15.5 Å². The molecule has 0 spiro atoms. The number of nitrogens with zero attached hydrogens (tertiary/aromatic N) is 5. The summed E-state index contributed by atoms with van der Waals surface area (Å²) in [5.41, 5.74) is 3.24. The number of nitrogens with one attached hydrogen (secondary N) is 1. The Kier molecular flexibility index (Phi) is 5.93. The number of nitro groups is 1. The molecule has 0 fully saturated rings. The number of thiophene rings is 1. The van der Waals surface area contributed by atoms with Crippen molar-refractivity contribution in [3.63, 3.8) is 0 Å². The van der Waals surface area contributed by atoms with E-state index in [0.717, 1.165) is 0 Å². The Hall–Kier alpha value is -5.32. The largest absolute Gasteiger partial charge is 0.437 e. The van der Waals surface area contributed by atoms with E-state index in [1.807, 2.05) is 17.5 Å². The van der Waals surface area contributed by atoms with Gasteiger partial charge in [0.2, 0.25) is 11.8 Å². The second-order valence-electron chi connectivity index (χ2n) is 7.53. The van der Waals surface area contributed by atoms with Crippen LogP contribution in [0.15, 0.2) is 78.2 Å². The molecule has 0 radical (unpaired) electrons. The number of benzene rings is 3. The molecule has 0 aliphatic rings. The first-order chi connectivity index (χ1) is 17.5. The quantitative estimate of drug-likeness (QED) is 0.209. The molecule has 3 aromatic carbocycles. The minimum atomic E-state index is -0.473. The molecule has 5 aromatic rings. The summed E-state index contributed by atoms with van der Waals surface area (Å²) in [6, 6.07) is 23.9. The van der Waals surface area contributed by atoms with Crippen molar-refractivity contribution in [3.05, 3.63) is 99.4 Å². The molecule has 0 amide bonds. The van der Waals surface area contributed by atoms with Crippen molar-refractivity contribution in [2.75, 3.05) is 5.32 Å². The normalized spacial score (nSPS) is 10.4. The molecule has 0 aliphatic heterocycles. The maximum atomic E-state index is 11.8. The summed E-state index contributed by atoms with van der Waals surface area (Å²) < 4.78 is 6.71. The summed E-state index contributed by atoms with van der Waals surface area (Å²) >= 11 is 1.39. The van der Waals surface area contributed by atoms with Crippen molar-refractivity contribution in [3.8, 4) is 34.9 Å². The summed E-state index contributed by atoms with van der Waals surface area (Å²) in [6.45, 7) is 0. The number of fused-ring (bicyclic) bond motifs is 1. The van der Waals surface area contributed by atoms with E-state index in [0.29, 0.717) is 38.2 Å². The summed E-state index contributed by atoms with van der Waals surface area (Å²) in [5, 5.41) is 34.8. The zero-order valence-electron chi connectivity index (χ0n) is 18.4. The van der Waals surface area contributed by atoms with Crippen LogP contribution in [0.2, 0.25) is 0 Å². The van der Waals surface area contributed by atoms with Crippen LogP contribution in [-0.2, 0) is 0 Å². The van der Waals surface area contributed by atoms with Gasteiger partial charge in [0, 0.05) is 5.69 Å². The smallest absolute Gasteiger partial charge is 0.280 e. The fourth-order valence-corrected chi connectivity index (χ4v) is 4.28. The molecule has 0 atom stereocenters. The lowest BCUT2D eigenvalue weighted by Gasteiger charge is -2.10. The van der Waals surface area contributed by atoms with Crippen LogP contribution in [0.1, 0.15) is 11.1 Å². The number of rotatable bonds is 6. The number of nitriles is 2. The zero-order chi connectivity index (χ0) is 25.1. The molecule has 172 valence electrons. The number of aromatic nitrogens is 2. The predicted molar refractivity (Wildman–Crippen MR) is 135 cm³/mol. The lowest BCUT2D eigenvalue weighted by molar-refractivity contribution is -0.384. The van der Waals surface area contributed by atoms with Gasteiger partial charge in [-0.15, -0.1) is 11.3 Å². The SMILES string of the molecule is N#Cc1ccc(Nc2nc(Oc3ccc(-c4ccc(C#N)cc4)c([N+](=O)[O-])c3)c3sccc3n2)cc1. The maximum Gasteiger partial charge on any atom is 0.280 e. The summed E-state index contributed by atoms with van der Waals surface area (Å²) in [7, 11) is 0. The molecular formula is C26H14N6O3S. The third-order valence-corrected chi connectivity index (χ3v) is 6.14. The standard InChI is InChI=1S/C26H14N6O3S/c27-14-16-1-5-18(6-2-16)21-10-9-20(13-23(21)32(33)34)35-25-24-22(11-12-36-24)30-26(31-25)29-19-7-3-17(15-28)4-8-19/h1-13H,(H,29,30,31). The predicted octanol–water partition coefficient (Wildman–Crippen LogP) is 6.55. The van der Waals surface area contributed by atoms with E-state index in [1.54, 1.807) is 60.7 Å². The van der Waals surface area contributed by atoms with Crippen molar-refractivity contribution in [2.45, 2.75) is 0 Å². The highest BCUT2D eigenvalue weighted by Gasteiger charge is 2.19. The van der Waals surface area contributed by atoms with Gasteiger partial charge in [0.15, 0.2) is 0 Å². The van der Waals surface area contributed by atoms with Crippen LogP contribution >= 0.6 is 11.3 Å². The molecule has 10 heteroatoms. The van der Waals surface area contributed by atoms with Crippen molar-refractivity contribution >= 4 is 38.9 Å². The average Bonchev–Trinajstić information content (AvgIpc) is 3.38. The molecule has 9 nitrogen and oxygen atoms in total. The van der Waals surface area contributed by atoms with Crippen molar-refractivity contribution in [1.29, 1.82) is 10.5 Å². The summed E-state index contributed by atoms with van der Waals surface area (Å²) in [4.78, 5) is 20.3. The van der Waals surface area contributed by atoms with Crippen molar-refractivity contribution in [1.82, 2.24) is 9.97 Å². The third-order valence-electron chi connectivity index (χ3n) is 5.25. The molecule has 0 bridgehead atoms. The Balaban J connectivity index is 1.48.